The van der Waals surface area contributed by atoms with Gasteiger partial charge in [-0.05, 0) is 44.9 Å². The molecular weight excluding hydrogens is 431 g/mol. The van der Waals surface area contributed by atoms with E-state index in [1.807, 2.05) is 26.2 Å². The Balaban J connectivity index is 1.61. The summed E-state index contributed by atoms with van der Waals surface area (Å²) in [6.07, 6.45) is 0.411. The molecule has 0 radical (unpaired) electrons. The Morgan fingerprint density at radius 1 is 1.22 bits per heavy atom. The van der Waals surface area contributed by atoms with Gasteiger partial charge in [-0.1, -0.05) is 12.1 Å². The highest BCUT2D eigenvalue weighted by Crippen LogP contribution is 2.32. The topological polar surface area (TPSA) is 88.3 Å². The molecule has 3 heterocycles. The minimum atomic E-state index is -0.644. The summed E-state index contributed by atoms with van der Waals surface area (Å²) in [5, 5.41) is 13.4. The Bertz CT molecular complexity index is 1220. The van der Waals surface area contributed by atoms with Gasteiger partial charge in [0.25, 0.3) is 5.56 Å². The van der Waals surface area contributed by atoms with Gasteiger partial charge in [-0.2, -0.15) is 0 Å². The summed E-state index contributed by atoms with van der Waals surface area (Å²) in [5.74, 6) is -0.932. The van der Waals surface area contributed by atoms with Crippen molar-refractivity contribution in [2.75, 3.05) is 6.54 Å². The summed E-state index contributed by atoms with van der Waals surface area (Å²) in [7, 11) is 0. The quantitative estimate of drug-likeness (QED) is 0.572. The lowest BCUT2D eigenvalue weighted by Gasteiger charge is -2.42. The van der Waals surface area contributed by atoms with Crippen LogP contribution in [0.4, 0.5) is 4.39 Å². The number of ketones is 1. The Morgan fingerprint density at radius 2 is 1.94 bits per heavy atom. The number of Topliss-reactive ketones (excluding diaryl/α,β-unsaturated/α-hetero) is 1. The fraction of sp³-hybridized carbons (Fsp3) is 0.391. The molecule has 168 valence electrons. The lowest BCUT2D eigenvalue weighted by atomic mass is 9.97. The number of aromatic nitrogens is 3. The number of carbonyl (C=O) groups excluding carboxylic acids is 1. The maximum absolute atomic E-state index is 13.1. The van der Waals surface area contributed by atoms with Crippen LogP contribution in [0.2, 0.25) is 0 Å². The maximum Gasteiger partial charge on any atom is 0.296 e. The molecule has 3 aromatic rings. The largest absolute Gasteiger partial charge is 0.501 e. The normalized spacial score (nSPS) is 15.5. The highest BCUT2D eigenvalue weighted by Gasteiger charge is 2.39. The van der Waals surface area contributed by atoms with E-state index in [-0.39, 0.29) is 17.9 Å². The number of nitrogens with zero attached hydrogens (tertiary/aromatic N) is 4. The molecule has 32 heavy (non-hydrogen) atoms. The molecule has 1 aromatic carbocycles. The van der Waals surface area contributed by atoms with Crippen LogP contribution in [0.3, 0.4) is 0 Å². The van der Waals surface area contributed by atoms with Crippen molar-refractivity contribution in [2.24, 2.45) is 0 Å². The number of carbonyl (C=O) groups is 1. The van der Waals surface area contributed by atoms with Crippen molar-refractivity contribution < 1.29 is 14.3 Å². The van der Waals surface area contributed by atoms with E-state index in [4.69, 9.17) is 0 Å². The van der Waals surface area contributed by atoms with Crippen LogP contribution in [-0.4, -0.2) is 36.9 Å². The van der Waals surface area contributed by atoms with Crippen LogP contribution in [0.5, 0.6) is 5.75 Å². The molecule has 0 unspecified atom stereocenters. The second kappa shape index (κ2) is 8.55. The first-order valence-electron chi connectivity index (χ1n) is 10.4. The number of aromatic hydroxyl groups is 1. The third-order valence-electron chi connectivity index (χ3n) is 5.91. The Morgan fingerprint density at radius 3 is 2.59 bits per heavy atom. The average Bonchev–Trinajstić information content (AvgIpc) is 3.16. The fourth-order valence-electron chi connectivity index (χ4n) is 4.04. The summed E-state index contributed by atoms with van der Waals surface area (Å²) in [6, 6.07) is 5.89. The molecule has 0 atom stereocenters. The fourth-order valence-corrected chi connectivity index (χ4v) is 4.64. The number of thiazole rings is 1. The van der Waals surface area contributed by atoms with Crippen LogP contribution in [0.15, 0.2) is 34.4 Å². The van der Waals surface area contributed by atoms with E-state index in [0.29, 0.717) is 31.9 Å². The molecule has 1 aliphatic heterocycles. The van der Waals surface area contributed by atoms with E-state index in [2.05, 4.69) is 14.9 Å². The molecule has 0 bridgehead atoms. The molecule has 0 saturated heterocycles. The summed E-state index contributed by atoms with van der Waals surface area (Å²) in [5.41, 5.74) is 0.291. The van der Waals surface area contributed by atoms with Gasteiger partial charge in [-0.3, -0.25) is 19.1 Å². The molecule has 0 amide bonds. The van der Waals surface area contributed by atoms with Gasteiger partial charge in [0.2, 0.25) is 5.75 Å². The van der Waals surface area contributed by atoms with Crippen molar-refractivity contribution in [3.63, 3.8) is 0 Å². The molecule has 0 spiro atoms. The molecule has 7 nitrogen and oxygen atoms in total. The summed E-state index contributed by atoms with van der Waals surface area (Å²) >= 11 is 1.59. The third kappa shape index (κ3) is 4.22. The van der Waals surface area contributed by atoms with Gasteiger partial charge in [0.1, 0.15) is 11.6 Å². The van der Waals surface area contributed by atoms with Crippen LogP contribution in [0, 0.1) is 12.7 Å². The second-order valence-electron chi connectivity index (χ2n) is 8.48. The molecule has 1 N–H and O–H groups in total. The van der Waals surface area contributed by atoms with Gasteiger partial charge >= 0.3 is 0 Å². The zero-order chi connectivity index (χ0) is 23.0. The van der Waals surface area contributed by atoms with Crippen LogP contribution >= 0.6 is 11.3 Å². The highest BCUT2D eigenvalue weighted by atomic mass is 32.1. The monoisotopic (exact) mass is 456 g/mol. The molecule has 0 fully saturated rings. The smallest absolute Gasteiger partial charge is 0.296 e. The number of aryl methyl sites for hydroxylation is 2. The van der Waals surface area contributed by atoms with Crippen LogP contribution in [0.1, 0.15) is 52.8 Å². The highest BCUT2D eigenvalue weighted by molar-refractivity contribution is 7.09. The summed E-state index contributed by atoms with van der Waals surface area (Å²) in [6.45, 7) is 7.42. The molecule has 2 aromatic heterocycles. The van der Waals surface area contributed by atoms with Crippen LogP contribution in [-0.2, 0) is 25.0 Å². The van der Waals surface area contributed by atoms with Crippen molar-refractivity contribution in [3.8, 4) is 5.75 Å². The van der Waals surface area contributed by atoms with Gasteiger partial charge in [0, 0.05) is 31.4 Å². The minimum absolute atomic E-state index is 0.0529. The Hall–Kier alpha value is -2.91. The first-order chi connectivity index (χ1) is 15.2. The van der Waals surface area contributed by atoms with Crippen molar-refractivity contribution >= 4 is 17.1 Å². The van der Waals surface area contributed by atoms with Crippen LogP contribution in [0.25, 0.3) is 0 Å². The minimum Gasteiger partial charge on any atom is -0.501 e. The number of benzene rings is 1. The predicted molar refractivity (Wildman–Crippen MR) is 120 cm³/mol. The number of hydrogen-bond acceptors (Lipinski definition) is 7. The zero-order valence-corrected chi connectivity index (χ0v) is 19.1. The summed E-state index contributed by atoms with van der Waals surface area (Å²) < 4.78 is 14.6. The summed E-state index contributed by atoms with van der Waals surface area (Å²) in [4.78, 5) is 36.9. The van der Waals surface area contributed by atoms with Gasteiger partial charge in [-0.25, -0.2) is 14.4 Å². The number of rotatable bonds is 6. The van der Waals surface area contributed by atoms with E-state index in [0.717, 1.165) is 16.3 Å². The first-order valence-corrected chi connectivity index (χ1v) is 11.3. The predicted octanol–water partition coefficient (Wildman–Crippen LogP) is 3.42. The second-order valence-corrected chi connectivity index (χ2v) is 9.54. The van der Waals surface area contributed by atoms with Crippen molar-refractivity contribution in [1.82, 2.24) is 19.4 Å². The van der Waals surface area contributed by atoms with Crippen molar-refractivity contribution in [1.29, 1.82) is 0 Å². The van der Waals surface area contributed by atoms with E-state index < -0.39 is 22.6 Å². The van der Waals surface area contributed by atoms with E-state index in [1.165, 1.54) is 16.7 Å². The third-order valence-corrected chi connectivity index (χ3v) is 6.74. The Kier molecular flexibility index (Phi) is 5.96. The van der Waals surface area contributed by atoms with E-state index in [9.17, 15) is 19.1 Å². The molecule has 0 saturated carbocycles. The average molecular weight is 457 g/mol. The van der Waals surface area contributed by atoms with Gasteiger partial charge < -0.3 is 5.11 Å². The van der Waals surface area contributed by atoms with Gasteiger partial charge in [0.15, 0.2) is 11.5 Å². The number of halogens is 1. The van der Waals surface area contributed by atoms with Gasteiger partial charge in [-0.15, -0.1) is 11.3 Å². The number of fused-ring (bicyclic) bond motifs is 1. The zero-order valence-electron chi connectivity index (χ0n) is 18.3. The number of hydrogen-bond donors (Lipinski definition) is 1. The van der Waals surface area contributed by atoms with Crippen molar-refractivity contribution in [3.05, 3.63) is 73.6 Å². The standard InChI is InChI=1S/C23H25FN4O3S/c1-14-25-17(13-32-14)12-27-10-11-28-21(31)20(30)19(26-22(28)23(27,2)3)18(29)9-6-15-4-7-16(24)8-5-15/h4-5,7-8,13,30H,6,9-12H2,1-3H3. The SMILES string of the molecule is Cc1nc(CN2CCn3c(nc(C(=O)CCc4ccc(F)cc4)c(O)c3=O)C2(C)C)cs1. The van der Waals surface area contributed by atoms with E-state index in [1.54, 1.807) is 23.5 Å². The first kappa shape index (κ1) is 22.3. The Labute approximate surface area is 189 Å². The van der Waals surface area contributed by atoms with E-state index >= 15 is 0 Å². The lowest BCUT2D eigenvalue weighted by Crippen LogP contribution is -2.52. The van der Waals surface area contributed by atoms with Gasteiger partial charge in [0.05, 0.1) is 16.2 Å². The molecule has 0 aliphatic carbocycles. The molecular formula is C23H25FN4O3S. The molecule has 9 heteroatoms. The molecule has 4 rings (SSSR count). The van der Waals surface area contributed by atoms with Crippen molar-refractivity contribution in [2.45, 2.75) is 52.2 Å². The van der Waals surface area contributed by atoms with Crippen LogP contribution < -0.4 is 5.56 Å². The lowest BCUT2D eigenvalue weighted by molar-refractivity contribution is 0.0640. The molecule has 1 aliphatic rings. The maximum atomic E-state index is 13.1.